The molecule has 20 heavy (non-hydrogen) atoms. The number of rotatable bonds is 8. The molecule has 4 nitrogen and oxygen atoms in total. The molecule has 0 radical (unpaired) electrons. The molecular weight excluding hydrogens is 261 g/mol. The van der Waals surface area contributed by atoms with Gasteiger partial charge >= 0.3 is 0 Å². The van der Waals surface area contributed by atoms with Gasteiger partial charge in [-0.05, 0) is 30.5 Å². The van der Waals surface area contributed by atoms with Crippen molar-refractivity contribution in [1.29, 1.82) is 0 Å². The lowest BCUT2D eigenvalue weighted by atomic mass is 10.00. The molecule has 0 aliphatic heterocycles. The van der Waals surface area contributed by atoms with Crippen molar-refractivity contribution in [3.05, 3.63) is 35.6 Å². The summed E-state index contributed by atoms with van der Waals surface area (Å²) in [5, 5.41) is 11.8. The highest BCUT2D eigenvalue weighted by molar-refractivity contribution is 5.78. The SMILES string of the molecule is COC[C@@H](CO)NC(=O)[C@@H](C)CCc1cccc(F)c1. The monoisotopic (exact) mass is 283 g/mol. The first-order valence-electron chi connectivity index (χ1n) is 6.71. The predicted molar refractivity (Wildman–Crippen MR) is 74.8 cm³/mol. The van der Waals surface area contributed by atoms with E-state index in [1.165, 1.54) is 19.2 Å². The number of nitrogens with one attached hydrogen (secondary N) is 1. The number of hydrogen-bond donors (Lipinski definition) is 2. The fraction of sp³-hybridized carbons (Fsp3) is 0.533. The number of amides is 1. The van der Waals surface area contributed by atoms with Crippen LogP contribution in [0.5, 0.6) is 0 Å². The summed E-state index contributed by atoms with van der Waals surface area (Å²) in [6, 6.07) is 6.00. The minimum atomic E-state index is -0.385. The lowest BCUT2D eigenvalue weighted by molar-refractivity contribution is -0.126. The normalized spacial score (nSPS) is 13.8. The van der Waals surface area contributed by atoms with E-state index < -0.39 is 0 Å². The molecule has 2 atom stereocenters. The van der Waals surface area contributed by atoms with Crippen LogP contribution in [0.25, 0.3) is 0 Å². The van der Waals surface area contributed by atoms with Gasteiger partial charge in [-0.3, -0.25) is 4.79 Å². The summed E-state index contributed by atoms with van der Waals surface area (Å²) in [6.07, 6.45) is 1.26. The maximum Gasteiger partial charge on any atom is 0.223 e. The van der Waals surface area contributed by atoms with Crippen LogP contribution in [-0.2, 0) is 16.0 Å². The van der Waals surface area contributed by atoms with E-state index in [-0.39, 0.29) is 36.9 Å². The molecule has 1 rings (SSSR count). The number of aliphatic hydroxyl groups excluding tert-OH is 1. The second-order valence-corrected chi connectivity index (χ2v) is 4.91. The molecule has 0 aliphatic carbocycles. The molecule has 1 amide bonds. The van der Waals surface area contributed by atoms with E-state index in [0.29, 0.717) is 12.8 Å². The van der Waals surface area contributed by atoms with Crippen molar-refractivity contribution in [2.75, 3.05) is 20.3 Å². The molecule has 112 valence electrons. The Hall–Kier alpha value is -1.46. The van der Waals surface area contributed by atoms with Crippen molar-refractivity contribution in [3.8, 4) is 0 Å². The van der Waals surface area contributed by atoms with Gasteiger partial charge in [-0.1, -0.05) is 19.1 Å². The third-order valence-electron chi connectivity index (χ3n) is 3.14. The fourth-order valence-corrected chi connectivity index (χ4v) is 1.89. The molecule has 0 bridgehead atoms. The van der Waals surface area contributed by atoms with Crippen LogP contribution in [-0.4, -0.2) is 37.4 Å². The molecule has 0 saturated carbocycles. The van der Waals surface area contributed by atoms with Crippen LogP contribution in [0.3, 0.4) is 0 Å². The average molecular weight is 283 g/mol. The van der Waals surface area contributed by atoms with E-state index >= 15 is 0 Å². The number of methoxy groups -OCH3 is 1. The van der Waals surface area contributed by atoms with Crippen molar-refractivity contribution >= 4 is 5.91 Å². The Kier molecular flexibility index (Phi) is 7.18. The van der Waals surface area contributed by atoms with Crippen LogP contribution < -0.4 is 5.32 Å². The van der Waals surface area contributed by atoms with Crippen LogP contribution in [0, 0.1) is 11.7 Å². The first-order valence-corrected chi connectivity index (χ1v) is 6.71. The number of aliphatic hydroxyl groups is 1. The van der Waals surface area contributed by atoms with Gasteiger partial charge in [-0.25, -0.2) is 4.39 Å². The quantitative estimate of drug-likeness (QED) is 0.760. The third-order valence-corrected chi connectivity index (χ3v) is 3.14. The van der Waals surface area contributed by atoms with E-state index in [1.54, 1.807) is 6.07 Å². The topological polar surface area (TPSA) is 58.6 Å². The van der Waals surface area contributed by atoms with Crippen molar-refractivity contribution in [1.82, 2.24) is 5.32 Å². The summed E-state index contributed by atoms with van der Waals surface area (Å²) in [7, 11) is 1.52. The lowest BCUT2D eigenvalue weighted by Gasteiger charge is -2.18. The van der Waals surface area contributed by atoms with Crippen LogP contribution in [0.2, 0.25) is 0 Å². The third kappa shape index (κ3) is 5.67. The minimum absolute atomic E-state index is 0.127. The number of carbonyl (C=O) groups excluding carboxylic acids is 1. The zero-order valence-corrected chi connectivity index (χ0v) is 11.9. The summed E-state index contributed by atoms with van der Waals surface area (Å²) < 4.78 is 17.9. The Morgan fingerprint density at radius 3 is 2.85 bits per heavy atom. The maximum atomic E-state index is 13.0. The second kappa shape index (κ2) is 8.66. The van der Waals surface area contributed by atoms with Crippen molar-refractivity contribution < 1.29 is 19.0 Å². The number of benzene rings is 1. The molecule has 1 aromatic carbocycles. The minimum Gasteiger partial charge on any atom is -0.394 e. The zero-order valence-electron chi connectivity index (χ0n) is 11.9. The molecule has 0 spiro atoms. The van der Waals surface area contributed by atoms with Gasteiger partial charge in [0.25, 0.3) is 0 Å². The Bertz CT molecular complexity index is 425. The van der Waals surface area contributed by atoms with E-state index in [9.17, 15) is 9.18 Å². The first kappa shape index (κ1) is 16.6. The molecule has 1 aromatic rings. The van der Waals surface area contributed by atoms with E-state index in [2.05, 4.69) is 5.32 Å². The standard InChI is InChI=1S/C15H22FNO3/c1-11(15(19)17-14(9-18)10-20-2)6-7-12-4-3-5-13(16)8-12/h3-5,8,11,14,18H,6-7,9-10H2,1-2H3,(H,17,19)/t11-,14+/m0/s1. The summed E-state index contributed by atoms with van der Waals surface area (Å²) in [5.41, 5.74) is 0.875. The van der Waals surface area contributed by atoms with Gasteiger partial charge in [0.2, 0.25) is 5.91 Å². The molecule has 0 saturated heterocycles. The summed E-state index contributed by atoms with van der Waals surface area (Å²) >= 11 is 0. The van der Waals surface area contributed by atoms with Crippen molar-refractivity contribution in [2.24, 2.45) is 5.92 Å². The molecule has 0 fully saturated rings. The van der Waals surface area contributed by atoms with Gasteiger partial charge in [0.15, 0.2) is 0 Å². The molecule has 0 heterocycles. The number of halogens is 1. The fourth-order valence-electron chi connectivity index (χ4n) is 1.89. The van der Waals surface area contributed by atoms with E-state index in [0.717, 1.165) is 5.56 Å². The number of aryl methyl sites for hydroxylation is 1. The Balaban J connectivity index is 2.41. The van der Waals surface area contributed by atoms with Crippen LogP contribution in [0.4, 0.5) is 4.39 Å². The lowest BCUT2D eigenvalue weighted by Crippen LogP contribution is -2.43. The largest absolute Gasteiger partial charge is 0.394 e. The van der Waals surface area contributed by atoms with Gasteiger partial charge in [-0.15, -0.1) is 0 Å². The van der Waals surface area contributed by atoms with Gasteiger partial charge < -0.3 is 15.2 Å². The van der Waals surface area contributed by atoms with Crippen LogP contribution >= 0.6 is 0 Å². The van der Waals surface area contributed by atoms with E-state index in [1.807, 2.05) is 13.0 Å². The Labute approximate surface area is 119 Å². The average Bonchev–Trinajstić information content (AvgIpc) is 2.44. The zero-order chi connectivity index (χ0) is 15.0. The Morgan fingerprint density at radius 2 is 2.25 bits per heavy atom. The van der Waals surface area contributed by atoms with Crippen molar-refractivity contribution in [3.63, 3.8) is 0 Å². The summed E-state index contributed by atoms with van der Waals surface area (Å²) in [6.45, 7) is 1.94. The predicted octanol–water partition coefficient (Wildman–Crippen LogP) is 1.52. The highest BCUT2D eigenvalue weighted by atomic mass is 19.1. The molecular formula is C15H22FNO3. The van der Waals surface area contributed by atoms with Gasteiger partial charge in [0, 0.05) is 13.0 Å². The van der Waals surface area contributed by atoms with Gasteiger partial charge in [-0.2, -0.15) is 0 Å². The van der Waals surface area contributed by atoms with Crippen molar-refractivity contribution in [2.45, 2.75) is 25.8 Å². The molecule has 0 unspecified atom stereocenters. The smallest absolute Gasteiger partial charge is 0.223 e. The van der Waals surface area contributed by atoms with Gasteiger partial charge in [0.05, 0.1) is 19.3 Å². The first-order chi connectivity index (χ1) is 9.56. The molecule has 0 aliphatic rings. The molecule has 0 aromatic heterocycles. The Morgan fingerprint density at radius 1 is 1.50 bits per heavy atom. The number of carbonyl (C=O) groups is 1. The molecule has 5 heteroatoms. The molecule has 2 N–H and O–H groups in total. The number of ether oxygens (including phenoxy) is 1. The highest BCUT2D eigenvalue weighted by Crippen LogP contribution is 2.11. The second-order valence-electron chi connectivity index (χ2n) is 4.91. The summed E-state index contributed by atoms with van der Waals surface area (Å²) in [5.74, 6) is -0.596. The summed E-state index contributed by atoms with van der Waals surface area (Å²) in [4.78, 5) is 11.9. The highest BCUT2D eigenvalue weighted by Gasteiger charge is 2.17. The van der Waals surface area contributed by atoms with E-state index in [4.69, 9.17) is 9.84 Å². The van der Waals surface area contributed by atoms with Crippen LogP contribution in [0.1, 0.15) is 18.9 Å². The van der Waals surface area contributed by atoms with Gasteiger partial charge in [0.1, 0.15) is 5.82 Å². The number of hydrogen-bond acceptors (Lipinski definition) is 3. The van der Waals surface area contributed by atoms with Crippen LogP contribution in [0.15, 0.2) is 24.3 Å². The maximum absolute atomic E-state index is 13.0.